The van der Waals surface area contributed by atoms with Crippen LogP contribution in [-0.2, 0) is 0 Å². The predicted octanol–water partition coefficient (Wildman–Crippen LogP) is 3.86. The molecule has 0 atom stereocenters. The fourth-order valence-corrected chi connectivity index (χ4v) is 2.31. The van der Waals surface area contributed by atoms with Crippen molar-refractivity contribution in [2.75, 3.05) is 12.4 Å². The zero-order valence-corrected chi connectivity index (χ0v) is 12.2. The highest BCUT2D eigenvalue weighted by molar-refractivity contribution is 6.18. The quantitative estimate of drug-likeness (QED) is 0.717. The van der Waals surface area contributed by atoms with Gasteiger partial charge in [0.2, 0.25) is 0 Å². The Bertz CT molecular complexity index is 371. The van der Waals surface area contributed by atoms with Crippen molar-refractivity contribution in [2.24, 2.45) is 0 Å². The standard InChI is InChI=1S/C15H22ClNO/c1-4-14(5-2)17(11-10-16)15(18)13-8-6-12(3)7-9-13/h6-9,14H,4-5,10-11H2,1-3H3. The number of halogens is 1. The van der Waals surface area contributed by atoms with Gasteiger partial charge in [-0.3, -0.25) is 4.79 Å². The Hall–Kier alpha value is -1.02. The van der Waals surface area contributed by atoms with Crippen molar-refractivity contribution in [3.63, 3.8) is 0 Å². The first-order valence-corrected chi connectivity index (χ1v) is 7.11. The topological polar surface area (TPSA) is 20.3 Å². The molecule has 0 aliphatic carbocycles. The van der Waals surface area contributed by atoms with Crippen molar-refractivity contribution in [1.29, 1.82) is 0 Å². The third kappa shape index (κ3) is 3.74. The number of aryl methyl sites for hydroxylation is 1. The van der Waals surface area contributed by atoms with Gasteiger partial charge in [0, 0.05) is 24.0 Å². The average Bonchev–Trinajstić information content (AvgIpc) is 2.39. The molecule has 0 saturated heterocycles. The summed E-state index contributed by atoms with van der Waals surface area (Å²) >= 11 is 5.82. The van der Waals surface area contributed by atoms with Gasteiger partial charge in [0.25, 0.3) is 5.91 Å². The van der Waals surface area contributed by atoms with Gasteiger partial charge in [-0.15, -0.1) is 11.6 Å². The summed E-state index contributed by atoms with van der Waals surface area (Å²) in [5.41, 5.74) is 1.91. The zero-order chi connectivity index (χ0) is 13.5. The molecule has 0 aliphatic rings. The number of rotatable bonds is 6. The van der Waals surface area contributed by atoms with Crippen LogP contribution in [0.4, 0.5) is 0 Å². The Labute approximate surface area is 115 Å². The summed E-state index contributed by atoms with van der Waals surface area (Å²) in [6, 6.07) is 8.00. The molecule has 0 heterocycles. The van der Waals surface area contributed by atoms with E-state index >= 15 is 0 Å². The summed E-state index contributed by atoms with van der Waals surface area (Å²) in [7, 11) is 0. The van der Waals surface area contributed by atoms with Crippen LogP contribution >= 0.6 is 11.6 Å². The maximum absolute atomic E-state index is 12.5. The Balaban J connectivity index is 2.91. The Morgan fingerprint density at radius 1 is 1.22 bits per heavy atom. The van der Waals surface area contributed by atoms with Crippen LogP contribution in [-0.4, -0.2) is 29.3 Å². The van der Waals surface area contributed by atoms with Crippen LogP contribution in [0.2, 0.25) is 0 Å². The largest absolute Gasteiger partial charge is 0.334 e. The summed E-state index contributed by atoms with van der Waals surface area (Å²) in [4.78, 5) is 14.4. The molecule has 0 bridgehead atoms. The van der Waals surface area contributed by atoms with E-state index in [1.54, 1.807) is 0 Å². The summed E-state index contributed by atoms with van der Waals surface area (Å²) in [6.07, 6.45) is 1.93. The van der Waals surface area contributed by atoms with Crippen molar-refractivity contribution in [2.45, 2.75) is 39.7 Å². The molecule has 1 rings (SSSR count). The molecular formula is C15H22ClNO. The zero-order valence-electron chi connectivity index (χ0n) is 11.4. The maximum Gasteiger partial charge on any atom is 0.254 e. The number of nitrogens with zero attached hydrogens (tertiary/aromatic N) is 1. The Morgan fingerprint density at radius 2 is 1.78 bits per heavy atom. The van der Waals surface area contributed by atoms with Crippen molar-refractivity contribution in [1.82, 2.24) is 4.90 Å². The summed E-state index contributed by atoms with van der Waals surface area (Å²) < 4.78 is 0. The molecule has 0 saturated carbocycles. The van der Waals surface area contributed by atoms with E-state index in [0.717, 1.165) is 24.0 Å². The van der Waals surface area contributed by atoms with E-state index in [0.29, 0.717) is 12.4 Å². The molecule has 0 aromatic heterocycles. The van der Waals surface area contributed by atoms with Gasteiger partial charge in [-0.2, -0.15) is 0 Å². The fourth-order valence-electron chi connectivity index (χ4n) is 2.13. The van der Waals surface area contributed by atoms with E-state index in [1.807, 2.05) is 36.1 Å². The number of alkyl halides is 1. The number of carbonyl (C=O) groups excluding carboxylic acids is 1. The van der Waals surface area contributed by atoms with E-state index in [2.05, 4.69) is 13.8 Å². The van der Waals surface area contributed by atoms with E-state index in [4.69, 9.17) is 11.6 Å². The first-order valence-electron chi connectivity index (χ1n) is 6.57. The van der Waals surface area contributed by atoms with Crippen molar-refractivity contribution < 1.29 is 4.79 Å². The first-order chi connectivity index (χ1) is 8.63. The van der Waals surface area contributed by atoms with Gasteiger partial charge in [-0.1, -0.05) is 31.5 Å². The van der Waals surface area contributed by atoms with E-state index in [1.165, 1.54) is 0 Å². The summed E-state index contributed by atoms with van der Waals surface area (Å²) in [6.45, 7) is 6.85. The lowest BCUT2D eigenvalue weighted by molar-refractivity contribution is 0.0681. The second-order valence-electron chi connectivity index (χ2n) is 4.52. The maximum atomic E-state index is 12.5. The van der Waals surface area contributed by atoms with Gasteiger partial charge in [0.1, 0.15) is 0 Å². The Kier molecular flexibility index (Phi) is 6.20. The lowest BCUT2D eigenvalue weighted by Crippen LogP contribution is -2.41. The smallest absolute Gasteiger partial charge is 0.254 e. The minimum absolute atomic E-state index is 0.0874. The van der Waals surface area contributed by atoms with Gasteiger partial charge in [-0.05, 0) is 31.9 Å². The van der Waals surface area contributed by atoms with Gasteiger partial charge >= 0.3 is 0 Å². The van der Waals surface area contributed by atoms with Crippen LogP contribution < -0.4 is 0 Å². The summed E-state index contributed by atoms with van der Waals surface area (Å²) in [5.74, 6) is 0.568. The lowest BCUT2D eigenvalue weighted by atomic mass is 10.1. The van der Waals surface area contributed by atoms with Crippen molar-refractivity contribution in [3.8, 4) is 0 Å². The summed E-state index contributed by atoms with van der Waals surface area (Å²) in [5, 5.41) is 0. The number of hydrogen-bond acceptors (Lipinski definition) is 1. The highest BCUT2D eigenvalue weighted by atomic mass is 35.5. The minimum Gasteiger partial charge on any atom is -0.334 e. The van der Waals surface area contributed by atoms with Crippen LogP contribution in [0.1, 0.15) is 42.6 Å². The highest BCUT2D eigenvalue weighted by Gasteiger charge is 2.21. The molecule has 2 nitrogen and oxygen atoms in total. The number of hydrogen-bond donors (Lipinski definition) is 0. The average molecular weight is 268 g/mol. The highest BCUT2D eigenvalue weighted by Crippen LogP contribution is 2.14. The molecule has 0 spiro atoms. The van der Waals surface area contributed by atoms with Gasteiger partial charge in [0.05, 0.1) is 0 Å². The third-order valence-electron chi connectivity index (χ3n) is 3.27. The predicted molar refractivity (Wildman–Crippen MR) is 77.3 cm³/mol. The van der Waals surface area contributed by atoms with Crippen molar-refractivity contribution >= 4 is 17.5 Å². The normalized spacial score (nSPS) is 10.7. The second-order valence-corrected chi connectivity index (χ2v) is 4.90. The SMILES string of the molecule is CCC(CC)N(CCCl)C(=O)c1ccc(C)cc1. The molecule has 1 amide bonds. The van der Waals surface area contributed by atoms with E-state index in [9.17, 15) is 4.79 Å². The van der Waals surface area contributed by atoms with Crippen LogP contribution in [0.3, 0.4) is 0 Å². The fraction of sp³-hybridized carbons (Fsp3) is 0.533. The molecule has 0 fully saturated rings. The van der Waals surface area contributed by atoms with Gasteiger partial charge < -0.3 is 4.90 Å². The van der Waals surface area contributed by atoms with E-state index in [-0.39, 0.29) is 11.9 Å². The minimum atomic E-state index is 0.0874. The molecule has 100 valence electrons. The van der Waals surface area contributed by atoms with Crippen LogP contribution in [0, 0.1) is 6.92 Å². The molecular weight excluding hydrogens is 246 g/mol. The van der Waals surface area contributed by atoms with Crippen molar-refractivity contribution in [3.05, 3.63) is 35.4 Å². The molecule has 0 aliphatic heterocycles. The molecule has 0 radical (unpaired) electrons. The first kappa shape index (κ1) is 15.0. The lowest BCUT2D eigenvalue weighted by Gasteiger charge is -2.30. The molecule has 1 aromatic rings. The van der Waals surface area contributed by atoms with Crippen LogP contribution in [0.25, 0.3) is 0 Å². The Morgan fingerprint density at radius 3 is 2.22 bits per heavy atom. The van der Waals surface area contributed by atoms with Crippen LogP contribution in [0.5, 0.6) is 0 Å². The third-order valence-corrected chi connectivity index (χ3v) is 3.44. The molecule has 18 heavy (non-hydrogen) atoms. The van der Waals surface area contributed by atoms with Gasteiger partial charge in [-0.25, -0.2) is 0 Å². The molecule has 1 aromatic carbocycles. The number of carbonyl (C=O) groups is 1. The molecule has 3 heteroatoms. The van der Waals surface area contributed by atoms with Crippen LogP contribution in [0.15, 0.2) is 24.3 Å². The monoisotopic (exact) mass is 267 g/mol. The number of benzene rings is 1. The second kappa shape index (κ2) is 7.42. The molecule has 0 unspecified atom stereocenters. The van der Waals surface area contributed by atoms with E-state index < -0.39 is 0 Å². The molecule has 0 N–H and O–H groups in total. The van der Waals surface area contributed by atoms with Gasteiger partial charge in [0.15, 0.2) is 0 Å². The number of amides is 1.